The summed E-state index contributed by atoms with van der Waals surface area (Å²) in [5.41, 5.74) is 1.05. The predicted octanol–water partition coefficient (Wildman–Crippen LogP) is 1.28. The van der Waals surface area contributed by atoms with Gasteiger partial charge in [0.05, 0.1) is 0 Å². The molecular weight excluding hydrogens is 299 g/mol. The second-order valence-corrected chi connectivity index (χ2v) is 4.87. The Morgan fingerprint density at radius 3 is 2.70 bits per heavy atom. The topological polar surface area (TPSA) is 84.2 Å². The molecule has 0 aliphatic carbocycles. The first-order valence-corrected chi connectivity index (χ1v) is 7.10. The van der Waals surface area contributed by atoms with Crippen molar-refractivity contribution in [3.8, 4) is 0 Å². The summed E-state index contributed by atoms with van der Waals surface area (Å²) >= 11 is 0. The molecular formula is C15H15FN6O. The highest BCUT2D eigenvalue weighted by Crippen LogP contribution is 2.07. The van der Waals surface area contributed by atoms with Gasteiger partial charge in [-0.25, -0.2) is 4.39 Å². The monoisotopic (exact) mass is 314 g/mol. The van der Waals surface area contributed by atoms with E-state index in [0.717, 1.165) is 0 Å². The highest BCUT2D eigenvalue weighted by atomic mass is 19.1. The minimum atomic E-state index is -0.372. The quantitative estimate of drug-likeness (QED) is 0.741. The Balaban J connectivity index is 1.64. The second-order valence-electron chi connectivity index (χ2n) is 4.87. The van der Waals surface area contributed by atoms with Gasteiger partial charge in [-0.05, 0) is 36.4 Å². The van der Waals surface area contributed by atoms with Crippen molar-refractivity contribution in [2.24, 2.45) is 0 Å². The van der Waals surface area contributed by atoms with Gasteiger partial charge in [-0.15, -0.1) is 15.3 Å². The van der Waals surface area contributed by atoms with Crippen LogP contribution in [0.5, 0.6) is 0 Å². The molecule has 7 nitrogen and oxygen atoms in total. The molecule has 0 aliphatic rings. The van der Waals surface area contributed by atoms with Crippen LogP contribution < -0.4 is 10.6 Å². The summed E-state index contributed by atoms with van der Waals surface area (Å²) in [5.74, 6) is 0.719. The molecule has 8 heteroatoms. The molecule has 0 spiro atoms. The van der Waals surface area contributed by atoms with Crippen molar-refractivity contribution >= 4 is 17.4 Å². The fraction of sp³-hybridized carbons (Fsp3) is 0.200. The van der Waals surface area contributed by atoms with E-state index in [1.807, 2.05) is 12.1 Å². The zero-order valence-corrected chi connectivity index (χ0v) is 12.5. The van der Waals surface area contributed by atoms with E-state index in [-0.39, 0.29) is 11.7 Å². The fourth-order valence-corrected chi connectivity index (χ4v) is 2.11. The molecule has 3 rings (SSSR count). The van der Waals surface area contributed by atoms with Crippen molar-refractivity contribution < 1.29 is 9.18 Å². The minimum absolute atomic E-state index is 0.261. The first-order valence-electron chi connectivity index (χ1n) is 7.10. The highest BCUT2D eigenvalue weighted by molar-refractivity contribution is 5.94. The normalized spacial score (nSPS) is 10.7. The van der Waals surface area contributed by atoms with Crippen LogP contribution in [0.25, 0.3) is 5.65 Å². The average Bonchev–Trinajstić information content (AvgIpc) is 2.97. The zero-order chi connectivity index (χ0) is 16.2. The Bertz CT molecular complexity index is 830. The third-order valence-electron chi connectivity index (χ3n) is 3.32. The van der Waals surface area contributed by atoms with Gasteiger partial charge in [0.1, 0.15) is 11.6 Å². The molecule has 23 heavy (non-hydrogen) atoms. The van der Waals surface area contributed by atoms with Crippen LogP contribution in [0.15, 0.2) is 36.4 Å². The summed E-state index contributed by atoms with van der Waals surface area (Å²) in [6, 6.07) is 9.01. The maximum Gasteiger partial charge on any atom is 0.251 e. The highest BCUT2D eigenvalue weighted by Gasteiger charge is 2.09. The van der Waals surface area contributed by atoms with Crippen LogP contribution in [0, 0.1) is 5.82 Å². The minimum Gasteiger partial charge on any atom is -0.372 e. The van der Waals surface area contributed by atoms with Gasteiger partial charge >= 0.3 is 0 Å². The molecule has 118 valence electrons. The van der Waals surface area contributed by atoms with Crippen LogP contribution in [0.4, 0.5) is 10.2 Å². The first-order chi connectivity index (χ1) is 11.2. The number of fused-ring (bicyclic) bond motifs is 1. The number of rotatable bonds is 5. The molecule has 0 unspecified atom stereocenters. The number of carbonyl (C=O) groups excluding carboxylic acids is 1. The Morgan fingerprint density at radius 1 is 1.17 bits per heavy atom. The number of carbonyl (C=O) groups is 1. The lowest BCUT2D eigenvalue weighted by Gasteiger charge is -2.05. The van der Waals surface area contributed by atoms with Gasteiger partial charge in [0.25, 0.3) is 5.91 Å². The molecule has 0 aliphatic heterocycles. The third-order valence-corrected chi connectivity index (χ3v) is 3.32. The predicted molar refractivity (Wildman–Crippen MR) is 82.8 cm³/mol. The van der Waals surface area contributed by atoms with Gasteiger partial charge in [0, 0.05) is 25.6 Å². The Morgan fingerprint density at radius 2 is 1.96 bits per heavy atom. The zero-order valence-electron chi connectivity index (χ0n) is 12.5. The van der Waals surface area contributed by atoms with E-state index in [9.17, 15) is 9.18 Å². The van der Waals surface area contributed by atoms with Crippen molar-refractivity contribution in [1.82, 2.24) is 25.1 Å². The van der Waals surface area contributed by atoms with Crippen LogP contribution in [0.1, 0.15) is 16.2 Å². The lowest BCUT2D eigenvalue weighted by Crippen LogP contribution is -2.26. The number of halogens is 1. The largest absolute Gasteiger partial charge is 0.372 e. The molecule has 1 aromatic carbocycles. The summed E-state index contributed by atoms with van der Waals surface area (Å²) in [5, 5.41) is 18.2. The maximum absolute atomic E-state index is 12.8. The van der Waals surface area contributed by atoms with Gasteiger partial charge in [0.15, 0.2) is 11.5 Å². The summed E-state index contributed by atoms with van der Waals surface area (Å²) in [4.78, 5) is 11.9. The van der Waals surface area contributed by atoms with E-state index in [0.29, 0.717) is 35.8 Å². The molecule has 3 aromatic rings. The van der Waals surface area contributed by atoms with Crippen LogP contribution in [0.2, 0.25) is 0 Å². The van der Waals surface area contributed by atoms with Gasteiger partial charge < -0.3 is 10.6 Å². The van der Waals surface area contributed by atoms with E-state index in [1.165, 1.54) is 24.3 Å². The molecule has 0 radical (unpaired) electrons. The number of anilines is 1. The average molecular weight is 314 g/mol. The molecule has 0 saturated carbocycles. The summed E-state index contributed by atoms with van der Waals surface area (Å²) in [6.45, 7) is 0.377. The lowest BCUT2D eigenvalue weighted by molar-refractivity contribution is 0.0954. The van der Waals surface area contributed by atoms with Crippen molar-refractivity contribution in [2.45, 2.75) is 6.42 Å². The maximum atomic E-state index is 12.8. The van der Waals surface area contributed by atoms with Gasteiger partial charge in [-0.2, -0.15) is 4.52 Å². The van der Waals surface area contributed by atoms with Crippen LogP contribution in [-0.4, -0.2) is 39.3 Å². The fourth-order valence-electron chi connectivity index (χ4n) is 2.11. The molecule has 2 N–H and O–H groups in total. The molecule has 0 saturated heterocycles. The van der Waals surface area contributed by atoms with Crippen molar-refractivity contribution in [2.75, 3.05) is 18.9 Å². The Kier molecular flexibility index (Phi) is 4.13. The Labute approximate surface area is 131 Å². The van der Waals surface area contributed by atoms with Crippen LogP contribution >= 0.6 is 0 Å². The molecule has 0 fully saturated rings. The smallest absolute Gasteiger partial charge is 0.251 e. The molecule has 2 aromatic heterocycles. The number of aromatic nitrogens is 4. The molecule has 0 bridgehead atoms. The van der Waals surface area contributed by atoms with E-state index < -0.39 is 0 Å². The Hall–Kier alpha value is -3.03. The van der Waals surface area contributed by atoms with E-state index in [1.54, 1.807) is 11.6 Å². The van der Waals surface area contributed by atoms with Crippen LogP contribution in [0.3, 0.4) is 0 Å². The molecule has 0 atom stereocenters. The second kappa shape index (κ2) is 6.39. The molecule has 1 amide bonds. The molecule has 2 heterocycles. The number of benzene rings is 1. The van der Waals surface area contributed by atoms with Gasteiger partial charge in [-0.1, -0.05) is 0 Å². The van der Waals surface area contributed by atoms with Crippen molar-refractivity contribution in [3.05, 3.63) is 53.6 Å². The SMILES string of the molecule is CNc1ccc2nnc(CCNC(=O)c3ccc(F)cc3)n2n1. The first kappa shape index (κ1) is 14.9. The third kappa shape index (κ3) is 3.25. The van der Waals surface area contributed by atoms with E-state index >= 15 is 0 Å². The number of hydrogen-bond donors (Lipinski definition) is 2. The van der Waals surface area contributed by atoms with Gasteiger partial charge in [0.2, 0.25) is 0 Å². The van der Waals surface area contributed by atoms with Gasteiger partial charge in [-0.3, -0.25) is 4.79 Å². The number of amides is 1. The number of nitrogens with zero attached hydrogens (tertiary/aromatic N) is 4. The standard InChI is InChI=1S/C15H15FN6O/c1-17-12-6-7-13-19-20-14(22(13)21-12)8-9-18-15(23)10-2-4-11(16)5-3-10/h2-7H,8-9H2,1H3,(H,17,21)(H,18,23). The van der Waals surface area contributed by atoms with Crippen molar-refractivity contribution in [1.29, 1.82) is 0 Å². The van der Waals surface area contributed by atoms with Crippen molar-refractivity contribution in [3.63, 3.8) is 0 Å². The van der Waals surface area contributed by atoms with E-state index in [4.69, 9.17) is 0 Å². The summed E-state index contributed by atoms with van der Waals surface area (Å²) in [6.07, 6.45) is 0.480. The summed E-state index contributed by atoms with van der Waals surface area (Å²) < 4.78 is 14.5. The lowest BCUT2D eigenvalue weighted by atomic mass is 10.2. The number of nitrogens with one attached hydrogen (secondary N) is 2. The number of hydrogen-bond acceptors (Lipinski definition) is 5. The summed E-state index contributed by atoms with van der Waals surface area (Å²) in [7, 11) is 1.78. The van der Waals surface area contributed by atoms with E-state index in [2.05, 4.69) is 25.9 Å². The van der Waals surface area contributed by atoms with Crippen LogP contribution in [-0.2, 0) is 6.42 Å².